The topological polar surface area (TPSA) is 79.5 Å². The average molecular weight is 482 g/mol. The van der Waals surface area contributed by atoms with E-state index in [9.17, 15) is 9.59 Å². The van der Waals surface area contributed by atoms with Gasteiger partial charge in [0.15, 0.2) is 5.11 Å². The lowest BCUT2D eigenvalue weighted by atomic mass is 10.1. The van der Waals surface area contributed by atoms with Crippen LogP contribution in [0.25, 0.3) is 0 Å². The van der Waals surface area contributed by atoms with E-state index in [1.807, 2.05) is 13.8 Å². The van der Waals surface area contributed by atoms with Crippen LogP contribution in [0.2, 0.25) is 10.0 Å². The number of hydrogen-bond acceptors (Lipinski definition) is 4. The standard InChI is InChI=1S/C22H25Cl2N3O3S/c1-3-14(2)25-21(29)16-7-4-5-8-18(16)26-22(31)27-20(28)9-6-12-30-19-11-10-15(23)13-17(19)24/h4-5,7-8,10-11,13-14H,3,6,9,12H2,1-2H3,(H,25,29)(H2,26,27,28,31). The van der Waals surface area contributed by atoms with Crippen LogP contribution in [-0.2, 0) is 4.79 Å². The van der Waals surface area contributed by atoms with Crippen LogP contribution in [0.5, 0.6) is 5.75 Å². The molecule has 2 rings (SSSR count). The van der Waals surface area contributed by atoms with Crippen molar-refractivity contribution in [2.75, 3.05) is 11.9 Å². The third-order valence-electron chi connectivity index (χ3n) is 4.36. The van der Waals surface area contributed by atoms with Gasteiger partial charge in [-0.2, -0.15) is 0 Å². The summed E-state index contributed by atoms with van der Waals surface area (Å²) in [4.78, 5) is 24.6. The number of thiocarbonyl (C=S) groups is 1. The Kier molecular flexibility index (Phi) is 10.0. The highest BCUT2D eigenvalue weighted by Gasteiger charge is 2.14. The Bertz CT molecular complexity index is 940. The van der Waals surface area contributed by atoms with Gasteiger partial charge in [0.2, 0.25) is 5.91 Å². The Morgan fingerprint density at radius 2 is 1.90 bits per heavy atom. The van der Waals surface area contributed by atoms with Crippen molar-refractivity contribution >= 4 is 58.0 Å². The second-order valence-electron chi connectivity index (χ2n) is 6.86. The Hall–Kier alpha value is -2.35. The minimum atomic E-state index is -0.259. The van der Waals surface area contributed by atoms with Crippen LogP contribution in [0.3, 0.4) is 0 Å². The van der Waals surface area contributed by atoms with Gasteiger partial charge < -0.3 is 20.7 Å². The molecule has 2 aromatic carbocycles. The zero-order valence-corrected chi connectivity index (χ0v) is 19.7. The summed E-state index contributed by atoms with van der Waals surface area (Å²) < 4.78 is 5.56. The third kappa shape index (κ3) is 8.36. The molecule has 1 atom stereocenters. The summed E-state index contributed by atoms with van der Waals surface area (Å²) in [6.45, 7) is 4.24. The molecule has 0 aliphatic heterocycles. The number of amides is 2. The molecule has 0 heterocycles. The minimum Gasteiger partial charge on any atom is -0.492 e. The summed E-state index contributed by atoms with van der Waals surface area (Å²) >= 11 is 17.1. The van der Waals surface area contributed by atoms with E-state index in [1.54, 1.807) is 42.5 Å². The van der Waals surface area contributed by atoms with Crippen LogP contribution >= 0.6 is 35.4 Å². The minimum absolute atomic E-state index is 0.0529. The van der Waals surface area contributed by atoms with Crippen molar-refractivity contribution in [2.24, 2.45) is 0 Å². The fourth-order valence-electron chi connectivity index (χ4n) is 2.54. The summed E-state index contributed by atoms with van der Waals surface area (Å²) in [5, 5.41) is 9.51. The number of anilines is 1. The number of para-hydroxylation sites is 1. The van der Waals surface area contributed by atoms with Crippen molar-refractivity contribution < 1.29 is 14.3 Å². The van der Waals surface area contributed by atoms with Gasteiger partial charge in [0.25, 0.3) is 5.91 Å². The summed E-state index contributed by atoms with van der Waals surface area (Å²) in [5.74, 6) is 0.0466. The van der Waals surface area contributed by atoms with E-state index in [-0.39, 0.29) is 29.4 Å². The molecular formula is C22H25Cl2N3O3S. The molecule has 6 nitrogen and oxygen atoms in total. The van der Waals surface area contributed by atoms with Gasteiger partial charge >= 0.3 is 0 Å². The van der Waals surface area contributed by atoms with Crippen LogP contribution in [-0.4, -0.2) is 29.6 Å². The number of ether oxygens (including phenoxy) is 1. The van der Waals surface area contributed by atoms with E-state index >= 15 is 0 Å². The normalized spacial score (nSPS) is 11.4. The number of carbonyl (C=O) groups is 2. The van der Waals surface area contributed by atoms with Crippen LogP contribution < -0.4 is 20.7 Å². The first-order valence-electron chi connectivity index (χ1n) is 9.88. The summed E-state index contributed by atoms with van der Waals surface area (Å²) in [7, 11) is 0. The molecule has 2 amide bonds. The smallest absolute Gasteiger partial charge is 0.253 e. The largest absolute Gasteiger partial charge is 0.492 e. The number of rotatable bonds is 9. The summed E-state index contributed by atoms with van der Waals surface area (Å²) in [5.41, 5.74) is 0.974. The SMILES string of the molecule is CCC(C)NC(=O)c1ccccc1NC(=S)NC(=O)CCCOc1ccc(Cl)cc1Cl. The second-order valence-corrected chi connectivity index (χ2v) is 8.11. The molecule has 166 valence electrons. The Labute approximate surface area is 197 Å². The third-order valence-corrected chi connectivity index (χ3v) is 5.10. The maximum atomic E-state index is 12.5. The van der Waals surface area contributed by atoms with Crippen molar-refractivity contribution in [1.29, 1.82) is 0 Å². The van der Waals surface area contributed by atoms with Crippen molar-refractivity contribution in [3.8, 4) is 5.75 Å². The van der Waals surface area contributed by atoms with Crippen LogP contribution in [0.4, 0.5) is 5.69 Å². The van der Waals surface area contributed by atoms with Gasteiger partial charge in [-0.05, 0) is 62.3 Å². The lowest BCUT2D eigenvalue weighted by Gasteiger charge is -2.16. The molecule has 31 heavy (non-hydrogen) atoms. The van der Waals surface area contributed by atoms with Crippen molar-refractivity contribution in [3.63, 3.8) is 0 Å². The predicted molar refractivity (Wildman–Crippen MR) is 129 cm³/mol. The number of carbonyl (C=O) groups excluding carboxylic acids is 2. The van der Waals surface area contributed by atoms with Gasteiger partial charge in [-0.1, -0.05) is 42.3 Å². The predicted octanol–water partition coefficient (Wildman–Crippen LogP) is 5.19. The van der Waals surface area contributed by atoms with Crippen molar-refractivity contribution in [1.82, 2.24) is 10.6 Å². The molecule has 0 aliphatic carbocycles. The van der Waals surface area contributed by atoms with Gasteiger partial charge in [0, 0.05) is 17.5 Å². The molecule has 0 aromatic heterocycles. The van der Waals surface area contributed by atoms with E-state index in [4.69, 9.17) is 40.2 Å². The highest BCUT2D eigenvalue weighted by molar-refractivity contribution is 7.80. The van der Waals surface area contributed by atoms with Gasteiger partial charge in [0.05, 0.1) is 22.9 Å². The number of hydrogen-bond donors (Lipinski definition) is 3. The summed E-state index contributed by atoms with van der Waals surface area (Å²) in [6.07, 6.45) is 1.51. The first-order chi connectivity index (χ1) is 14.8. The lowest BCUT2D eigenvalue weighted by molar-refractivity contribution is -0.119. The van der Waals surface area contributed by atoms with Crippen LogP contribution in [0.1, 0.15) is 43.5 Å². The second kappa shape index (κ2) is 12.5. The van der Waals surface area contributed by atoms with Gasteiger partial charge in [-0.25, -0.2) is 0 Å². The fourth-order valence-corrected chi connectivity index (χ4v) is 3.23. The molecule has 0 saturated carbocycles. The molecule has 1 unspecified atom stereocenters. The molecule has 2 aromatic rings. The average Bonchev–Trinajstić information content (AvgIpc) is 2.72. The highest BCUT2D eigenvalue weighted by atomic mass is 35.5. The van der Waals surface area contributed by atoms with E-state index in [2.05, 4.69) is 16.0 Å². The first-order valence-corrected chi connectivity index (χ1v) is 11.0. The molecular weight excluding hydrogens is 457 g/mol. The first kappa shape index (κ1) is 24.9. The molecule has 0 radical (unpaired) electrons. The number of nitrogens with one attached hydrogen (secondary N) is 3. The maximum Gasteiger partial charge on any atom is 0.253 e. The highest BCUT2D eigenvalue weighted by Crippen LogP contribution is 2.27. The van der Waals surface area contributed by atoms with Crippen molar-refractivity contribution in [3.05, 3.63) is 58.1 Å². The Balaban J connectivity index is 1.80. The Morgan fingerprint density at radius 3 is 2.61 bits per heavy atom. The quantitative estimate of drug-likeness (QED) is 0.339. The van der Waals surface area contributed by atoms with E-state index in [0.29, 0.717) is 40.1 Å². The summed E-state index contributed by atoms with van der Waals surface area (Å²) in [6, 6.07) is 12.0. The number of halogens is 2. The Morgan fingerprint density at radius 1 is 1.16 bits per heavy atom. The fraction of sp³-hybridized carbons (Fsp3) is 0.318. The molecule has 0 saturated heterocycles. The van der Waals surface area contributed by atoms with E-state index in [1.165, 1.54) is 0 Å². The zero-order valence-electron chi connectivity index (χ0n) is 17.3. The molecule has 0 spiro atoms. The van der Waals surface area contributed by atoms with E-state index < -0.39 is 0 Å². The number of benzene rings is 2. The molecule has 0 fully saturated rings. The zero-order chi connectivity index (χ0) is 22.8. The van der Waals surface area contributed by atoms with Crippen molar-refractivity contribution in [2.45, 2.75) is 39.2 Å². The van der Waals surface area contributed by atoms with E-state index in [0.717, 1.165) is 6.42 Å². The van der Waals surface area contributed by atoms with Crippen LogP contribution in [0.15, 0.2) is 42.5 Å². The molecule has 3 N–H and O–H groups in total. The molecule has 0 bridgehead atoms. The maximum absolute atomic E-state index is 12.5. The van der Waals surface area contributed by atoms with Gasteiger partial charge in [-0.15, -0.1) is 0 Å². The van der Waals surface area contributed by atoms with Gasteiger partial charge in [0.1, 0.15) is 5.75 Å². The lowest BCUT2D eigenvalue weighted by Crippen LogP contribution is -2.36. The monoisotopic (exact) mass is 481 g/mol. The van der Waals surface area contributed by atoms with Crippen LogP contribution in [0, 0.1) is 0 Å². The molecule has 9 heteroatoms. The molecule has 0 aliphatic rings. The van der Waals surface area contributed by atoms with Gasteiger partial charge in [-0.3, -0.25) is 9.59 Å².